The van der Waals surface area contributed by atoms with E-state index < -0.39 is 0 Å². The van der Waals surface area contributed by atoms with Crippen molar-refractivity contribution in [2.45, 2.75) is 53.5 Å². The summed E-state index contributed by atoms with van der Waals surface area (Å²) in [7, 11) is 0. The monoisotopic (exact) mass is 343 g/mol. The van der Waals surface area contributed by atoms with Crippen molar-refractivity contribution in [2.75, 3.05) is 6.54 Å². The molecule has 2 unspecified atom stereocenters. The van der Waals surface area contributed by atoms with Crippen LogP contribution in [-0.4, -0.2) is 6.54 Å². The highest BCUT2D eigenvalue weighted by Crippen LogP contribution is 2.34. The fourth-order valence-corrected chi connectivity index (χ4v) is 2.51. The first-order valence-electron chi connectivity index (χ1n) is 7.44. The molecule has 1 N–H and O–H groups in total. The van der Waals surface area contributed by atoms with Crippen LogP contribution in [0.2, 0.25) is 0 Å². The van der Waals surface area contributed by atoms with Crippen LogP contribution in [0.3, 0.4) is 0 Å². The second-order valence-corrected chi connectivity index (χ2v) is 7.59. The summed E-state index contributed by atoms with van der Waals surface area (Å²) in [5.74, 6) is 0.387. The molecule has 0 fully saturated rings. The summed E-state index contributed by atoms with van der Waals surface area (Å²) in [6, 6.07) is 5.27. The van der Waals surface area contributed by atoms with Crippen LogP contribution in [0.4, 0.5) is 4.39 Å². The maximum absolute atomic E-state index is 14.1. The van der Waals surface area contributed by atoms with E-state index >= 15 is 0 Å². The standard InChI is InChI=1S/C17H27BrFN/c1-6-9-20-16(10-12(2)17(3,4)5)14-11-13(18)7-8-15(14)19/h7-8,11-12,16,20H,6,9-10H2,1-5H3. The van der Waals surface area contributed by atoms with Crippen LogP contribution in [0.5, 0.6) is 0 Å². The fourth-order valence-electron chi connectivity index (χ4n) is 2.13. The molecule has 0 saturated carbocycles. The summed E-state index contributed by atoms with van der Waals surface area (Å²) in [5, 5.41) is 3.50. The predicted octanol–water partition coefficient (Wildman–Crippen LogP) is 5.70. The summed E-state index contributed by atoms with van der Waals surface area (Å²) >= 11 is 3.44. The van der Waals surface area contributed by atoms with Crippen molar-refractivity contribution < 1.29 is 4.39 Å². The SMILES string of the molecule is CCCNC(CC(C)C(C)(C)C)c1cc(Br)ccc1F. The molecule has 1 aromatic rings. The van der Waals surface area contributed by atoms with E-state index in [0.29, 0.717) is 5.92 Å². The van der Waals surface area contributed by atoms with Gasteiger partial charge >= 0.3 is 0 Å². The van der Waals surface area contributed by atoms with E-state index in [1.807, 2.05) is 6.07 Å². The van der Waals surface area contributed by atoms with Gasteiger partial charge in [-0.05, 0) is 48.9 Å². The number of benzene rings is 1. The lowest BCUT2D eigenvalue weighted by Gasteiger charge is -2.31. The molecule has 0 amide bonds. The Kier molecular flexibility index (Phi) is 6.67. The zero-order valence-corrected chi connectivity index (χ0v) is 14.8. The summed E-state index contributed by atoms with van der Waals surface area (Å²) in [5.41, 5.74) is 0.998. The first-order chi connectivity index (χ1) is 9.25. The summed E-state index contributed by atoms with van der Waals surface area (Å²) in [6.07, 6.45) is 1.99. The van der Waals surface area contributed by atoms with Gasteiger partial charge in [0.25, 0.3) is 0 Å². The van der Waals surface area contributed by atoms with Gasteiger partial charge in [0.1, 0.15) is 5.82 Å². The number of hydrogen-bond donors (Lipinski definition) is 1. The van der Waals surface area contributed by atoms with Gasteiger partial charge in [-0.25, -0.2) is 4.39 Å². The first-order valence-corrected chi connectivity index (χ1v) is 8.23. The third-order valence-corrected chi connectivity index (χ3v) is 4.54. The lowest BCUT2D eigenvalue weighted by atomic mass is 9.77. The van der Waals surface area contributed by atoms with Crippen molar-refractivity contribution in [3.8, 4) is 0 Å². The Morgan fingerprint density at radius 1 is 1.30 bits per heavy atom. The molecule has 0 aliphatic heterocycles. The summed E-state index contributed by atoms with van der Waals surface area (Å²) in [4.78, 5) is 0. The number of rotatable bonds is 6. The van der Waals surface area contributed by atoms with E-state index in [2.05, 4.69) is 55.9 Å². The fraction of sp³-hybridized carbons (Fsp3) is 0.647. The van der Waals surface area contributed by atoms with Gasteiger partial charge in [0.05, 0.1) is 0 Å². The van der Waals surface area contributed by atoms with Crippen LogP contribution in [0.15, 0.2) is 22.7 Å². The van der Waals surface area contributed by atoms with E-state index in [1.54, 1.807) is 12.1 Å². The molecule has 0 radical (unpaired) electrons. The number of halogens is 2. The molecule has 114 valence electrons. The van der Waals surface area contributed by atoms with Crippen LogP contribution in [-0.2, 0) is 0 Å². The third-order valence-electron chi connectivity index (χ3n) is 4.04. The van der Waals surface area contributed by atoms with Gasteiger partial charge in [0, 0.05) is 16.1 Å². The van der Waals surface area contributed by atoms with Crippen LogP contribution in [0, 0.1) is 17.2 Å². The third kappa shape index (κ3) is 5.17. The van der Waals surface area contributed by atoms with Gasteiger partial charge in [-0.3, -0.25) is 0 Å². The normalized spacial score (nSPS) is 15.2. The second-order valence-electron chi connectivity index (χ2n) is 6.68. The van der Waals surface area contributed by atoms with Crippen LogP contribution >= 0.6 is 15.9 Å². The second kappa shape index (κ2) is 7.56. The summed E-state index contributed by atoms with van der Waals surface area (Å²) in [6.45, 7) is 12.0. The summed E-state index contributed by atoms with van der Waals surface area (Å²) < 4.78 is 15.1. The molecule has 3 heteroatoms. The quantitative estimate of drug-likeness (QED) is 0.698. The molecule has 0 aromatic heterocycles. The van der Waals surface area contributed by atoms with Crippen molar-refractivity contribution in [1.82, 2.24) is 5.32 Å². The van der Waals surface area contributed by atoms with Gasteiger partial charge in [0.15, 0.2) is 0 Å². The maximum Gasteiger partial charge on any atom is 0.128 e. The predicted molar refractivity (Wildman–Crippen MR) is 88.4 cm³/mol. The Morgan fingerprint density at radius 3 is 2.50 bits per heavy atom. The minimum atomic E-state index is -0.122. The molecule has 1 aromatic carbocycles. The highest BCUT2D eigenvalue weighted by Gasteiger charge is 2.25. The molecule has 20 heavy (non-hydrogen) atoms. The molecule has 0 bridgehead atoms. The zero-order chi connectivity index (χ0) is 15.3. The van der Waals surface area contributed by atoms with Crippen molar-refractivity contribution in [3.05, 3.63) is 34.1 Å². The van der Waals surface area contributed by atoms with Crippen LogP contribution < -0.4 is 5.32 Å². The van der Waals surface area contributed by atoms with Crippen LogP contribution in [0.25, 0.3) is 0 Å². The molecule has 0 aliphatic carbocycles. The van der Waals surface area contributed by atoms with E-state index in [1.165, 1.54) is 0 Å². The molecule has 0 saturated heterocycles. The molecule has 1 rings (SSSR count). The number of nitrogens with one attached hydrogen (secondary N) is 1. The highest BCUT2D eigenvalue weighted by atomic mass is 79.9. The van der Waals surface area contributed by atoms with E-state index in [9.17, 15) is 4.39 Å². The minimum Gasteiger partial charge on any atom is -0.310 e. The molecular formula is C17H27BrFN. The Labute approximate surface area is 131 Å². The smallest absolute Gasteiger partial charge is 0.128 e. The number of hydrogen-bond acceptors (Lipinski definition) is 1. The largest absolute Gasteiger partial charge is 0.310 e. The maximum atomic E-state index is 14.1. The van der Waals surface area contributed by atoms with Gasteiger partial charge in [0.2, 0.25) is 0 Å². The van der Waals surface area contributed by atoms with Crippen molar-refractivity contribution in [2.24, 2.45) is 11.3 Å². The molecule has 0 spiro atoms. The topological polar surface area (TPSA) is 12.0 Å². The molecule has 2 atom stereocenters. The van der Waals surface area contributed by atoms with Gasteiger partial charge in [-0.1, -0.05) is 50.5 Å². The minimum absolute atomic E-state index is 0.0710. The van der Waals surface area contributed by atoms with Crippen molar-refractivity contribution in [1.29, 1.82) is 0 Å². The Morgan fingerprint density at radius 2 is 1.95 bits per heavy atom. The molecular weight excluding hydrogens is 317 g/mol. The van der Waals surface area contributed by atoms with Gasteiger partial charge < -0.3 is 5.32 Å². The van der Waals surface area contributed by atoms with Gasteiger partial charge in [-0.2, -0.15) is 0 Å². The highest BCUT2D eigenvalue weighted by molar-refractivity contribution is 9.10. The van der Waals surface area contributed by atoms with E-state index in [-0.39, 0.29) is 17.3 Å². The van der Waals surface area contributed by atoms with Gasteiger partial charge in [-0.15, -0.1) is 0 Å². The Bertz CT molecular complexity index is 425. The van der Waals surface area contributed by atoms with Crippen molar-refractivity contribution in [3.63, 3.8) is 0 Å². The molecule has 0 aliphatic rings. The van der Waals surface area contributed by atoms with E-state index in [0.717, 1.165) is 29.4 Å². The molecule has 0 heterocycles. The first kappa shape index (κ1) is 17.6. The Balaban J connectivity index is 2.96. The average Bonchev–Trinajstić information content (AvgIpc) is 2.36. The zero-order valence-electron chi connectivity index (χ0n) is 13.3. The molecule has 1 nitrogen and oxygen atoms in total. The van der Waals surface area contributed by atoms with E-state index in [4.69, 9.17) is 0 Å². The Hall–Kier alpha value is -0.410. The lowest BCUT2D eigenvalue weighted by molar-refractivity contribution is 0.222. The average molecular weight is 344 g/mol. The lowest BCUT2D eigenvalue weighted by Crippen LogP contribution is -2.28. The van der Waals surface area contributed by atoms with Crippen LogP contribution in [0.1, 0.15) is 59.1 Å². The van der Waals surface area contributed by atoms with Crippen molar-refractivity contribution >= 4 is 15.9 Å².